The lowest BCUT2D eigenvalue weighted by molar-refractivity contribution is -0.142. The summed E-state index contributed by atoms with van der Waals surface area (Å²) in [5.74, 6) is -1.04. The molecule has 1 saturated carbocycles. The maximum Gasteiger partial charge on any atom is 0.315 e. The van der Waals surface area contributed by atoms with Gasteiger partial charge in [-0.25, -0.2) is 9.48 Å². The van der Waals surface area contributed by atoms with E-state index in [9.17, 15) is 9.59 Å². The van der Waals surface area contributed by atoms with E-state index in [4.69, 9.17) is 5.11 Å². The Morgan fingerprint density at radius 2 is 1.88 bits per heavy atom. The molecule has 1 heterocycles. The highest BCUT2D eigenvalue weighted by molar-refractivity contribution is 5.75. The maximum atomic E-state index is 12.2. The van der Waals surface area contributed by atoms with Crippen molar-refractivity contribution in [2.45, 2.75) is 44.7 Å². The maximum absolute atomic E-state index is 12.2. The zero-order valence-corrected chi connectivity index (χ0v) is 14.6. The first-order valence-corrected chi connectivity index (χ1v) is 8.80. The van der Waals surface area contributed by atoms with E-state index in [-0.39, 0.29) is 24.0 Å². The van der Waals surface area contributed by atoms with Crippen molar-refractivity contribution < 1.29 is 14.7 Å². The lowest BCUT2D eigenvalue weighted by atomic mass is 9.86. The monoisotopic (exact) mass is 357 g/mol. The molecule has 1 aromatic heterocycles. The quantitative estimate of drug-likeness (QED) is 0.760. The van der Waals surface area contributed by atoms with Crippen molar-refractivity contribution in [1.29, 1.82) is 0 Å². The number of nitrogens with zero attached hydrogens (tertiary/aromatic N) is 3. The van der Waals surface area contributed by atoms with Crippen LogP contribution in [0.3, 0.4) is 0 Å². The number of carbonyl (C=O) groups excluding carboxylic acids is 1. The highest BCUT2D eigenvalue weighted by atomic mass is 16.4. The first-order chi connectivity index (χ1) is 12.5. The van der Waals surface area contributed by atoms with Gasteiger partial charge in [-0.1, -0.05) is 23.4 Å². The molecule has 3 rings (SSSR count). The van der Waals surface area contributed by atoms with Crippen molar-refractivity contribution in [3.05, 3.63) is 42.2 Å². The Balaban J connectivity index is 1.50. The van der Waals surface area contributed by atoms with Gasteiger partial charge in [-0.2, -0.15) is 0 Å². The summed E-state index contributed by atoms with van der Waals surface area (Å²) in [6.07, 6.45) is 4.35. The van der Waals surface area contributed by atoms with E-state index in [0.717, 1.165) is 5.69 Å². The number of hydrogen-bond donors (Lipinski definition) is 3. The largest absolute Gasteiger partial charge is 0.481 e. The van der Waals surface area contributed by atoms with Crippen LogP contribution in [0.5, 0.6) is 0 Å². The lowest BCUT2D eigenvalue weighted by Gasteiger charge is -2.27. The van der Waals surface area contributed by atoms with E-state index in [1.807, 2.05) is 37.3 Å². The Labute approximate surface area is 151 Å². The summed E-state index contributed by atoms with van der Waals surface area (Å²) in [4.78, 5) is 23.2. The summed E-state index contributed by atoms with van der Waals surface area (Å²) < 4.78 is 1.67. The molecule has 1 atom stereocenters. The molecule has 8 nitrogen and oxygen atoms in total. The van der Waals surface area contributed by atoms with Crippen molar-refractivity contribution in [2.75, 3.05) is 0 Å². The van der Waals surface area contributed by atoms with Crippen LogP contribution in [0.15, 0.2) is 36.5 Å². The Bertz CT molecular complexity index is 753. The van der Waals surface area contributed by atoms with Crippen LogP contribution < -0.4 is 10.6 Å². The molecule has 1 fully saturated rings. The molecule has 1 unspecified atom stereocenters. The number of aliphatic carboxylic acids is 1. The van der Waals surface area contributed by atoms with Crippen molar-refractivity contribution >= 4 is 12.0 Å². The van der Waals surface area contributed by atoms with Gasteiger partial charge in [0.2, 0.25) is 0 Å². The highest BCUT2D eigenvalue weighted by Gasteiger charge is 2.27. The molecule has 8 heteroatoms. The van der Waals surface area contributed by atoms with Gasteiger partial charge < -0.3 is 15.7 Å². The molecule has 0 radical (unpaired) electrons. The third-order valence-electron chi connectivity index (χ3n) is 4.73. The Morgan fingerprint density at radius 3 is 2.54 bits per heavy atom. The Kier molecular flexibility index (Phi) is 5.50. The van der Waals surface area contributed by atoms with Gasteiger partial charge in [0.1, 0.15) is 5.69 Å². The van der Waals surface area contributed by atoms with E-state index < -0.39 is 5.97 Å². The summed E-state index contributed by atoms with van der Waals surface area (Å²) in [5, 5.41) is 23.0. The van der Waals surface area contributed by atoms with Gasteiger partial charge in [-0.15, -0.1) is 5.10 Å². The van der Waals surface area contributed by atoms with Crippen LogP contribution in [-0.4, -0.2) is 38.1 Å². The molecule has 1 aromatic carbocycles. The van der Waals surface area contributed by atoms with Crippen molar-refractivity contribution in [3.8, 4) is 5.69 Å². The standard InChI is InChI=1S/C18H23N5O3/c1-12(16-11-23(22-21-16)15-5-3-2-4-6-15)19-18(26)20-14-9-7-13(8-10-14)17(24)25/h2-6,11-14H,7-10H2,1H3,(H,24,25)(H2,19,20,26). The fourth-order valence-corrected chi connectivity index (χ4v) is 3.16. The molecular formula is C18H23N5O3. The van der Waals surface area contributed by atoms with Gasteiger partial charge in [0.25, 0.3) is 0 Å². The Morgan fingerprint density at radius 1 is 1.19 bits per heavy atom. The van der Waals surface area contributed by atoms with Gasteiger partial charge >= 0.3 is 12.0 Å². The number of para-hydroxylation sites is 1. The average molecular weight is 357 g/mol. The number of amides is 2. The van der Waals surface area contributed by atoms with E-state index in [1.165, 1.54) is 0 Å². The molecule has 0 bridgehead atoms. The molecule has 1 aliphatic rings. The number of urea groups is 1. The summed E-state index contributed by atoms with van der Waals surface area (Å²) in [6, 6.07) is 9.08. The van der Waals surface area contributed by atoms with Gasteiger partial charge in [-0.3, -0.25) is 4.79 Å². The lowest BCUT2D eigenvalue weighted by Crippen LogP contribution is -2.44. The predicted molar refractivity (Wildman–Crippen MR) is 94.8 cm³/mol. The van der Waals surface area contributed by atoms with Crippen LogP contribution >= 0.6 is 0 Å². The number of nitrogens with one attached hydrogen (secondary N) is 2. The number of rotatable bonds is 5. The zero-order chi connectivity index (χ0) is 18.5. The van der Waals surface area contributed by atoms with E-state index >= 15 is 0 Å². The number of carboxylic acid groups (broad SMARTS) is 1. The molecular weight excluding hydrogens is 334 g/mol. The zero-order valence-electron chi connectivity index (χ0n) is 14.6. The molecule has 2 aromatic rings. The molecule has 0 aliphatic heterocycles. The van der Waals surface area contributed by atoms with E-state index in [0.29, 0.717) is 31.4 Å². The fourth-order valence-electron chi connectivity index (χ4n) is 3.16. The number of aromatic nitrogens is 3. The van der Waals surface area contributed by atoms with Crippen LogP contribution in [0.2, 0.25) is 0 Å². The van der Waals surface area contributed by atoms with Crippen molar-refractivity contribution in [3.63, 3.8) is 0 Å². The molecule has 1 aliphatic carbocycles. The molecule has 0 spiro atoms. The first-order valence-electron chi connectivity index (χ1n) is 8.80. The van der Waals surface area contributed by atoms with Gasteiger partial charge in [0.05, 0.1) is 23.8 Å². The normalized spacial score (nSPS) is 21.0. The summed E-state index contributed by atoms with van der Waals surface area (Å²) in [5.41, 5.74) is 1.57. The van der Waals surface area contributed by atoms with Crippen molar-refractivity contribution in [2.24, 2.45) is 5.92 Å². The topological polar surface area (TPSA) is 109 Å². The molecule has 2 amide bonds. The number of carboxylic acids is 1. The number of benzene rings is 1. The SMILES string of the molecule is CC(NC(=O)NC1CCC(C(=O)O)CC1)c1cn(-c2ccccc2)nn1. The van der Waals surface area contributed by atoms with Crippen LogP contribution in [0.4, 0.5) is 4.79 Å². The van der Waals surface area contributed by atoms with E-state index in [1.54, 1.807) is 10.9 Å². The smallest absolute Gasteiger partial charge is 0.315 e. The van der Waals surface area contributed by atoms with Gasteiger partial charge in [0.15, 0.2) is 0 Å². The Hall–Kier alpha value is -2.90. The van der Waals surface area contributed by atoms with Crippen LogP contribution in [-0.2, 0) is 4.79 Å². The summed E-state index contributed by atoms with van der Waals surface area (Å²) >= 11 is 0. The average Bonchev–Trinajstić information content (AvgIpc) is 3.13. The molecule has 138 valence electrons. The molecule has 3 N–H and O–H groups in total. The minimum absolute atomic E-state index is 0.0119. The second-order valence-electron chi connectivity index (χ2n) is 6.65. The first kappa shape index (κ1) is 17.9. The summed E-state index contributed by atoms with van der Waals surface area (Å²) in [7, 11) is 0. The van der Waals surface area contributed by atoms with Crippen molar-refractivity contribution in [1.82, 2.24) is 25.6 Å². The third kappa shape index (κ3) is 4.38. The third-order valence-corrected chi connectivity index (χ3v) is 4.73. The van der Waals surface area contributed by atoms with Crippen LogP contribution in [0.1, 0.15) is 44.3 Å². The minimum atomic E-state index is -0.747. The second-order valence-corrected chi connectivity index (χ2v) is 6.65. The summed E-state index contributed by atoms with van der Waals surface area (Å²) in [6.45, 7) is 1.85. The molecule has 0 saturated heterocycles. The minimum Gasteiger partial charge on any atom is -0.481 e. The highest BCUT2D eigenvalue weighted by Crippen LogP contribution is 2.24. The predicted octanol–water partition coefficient (Wildman–Crippen LogP) is 2.27. The van der Waals surface area contributed by atoms with E-state index in [2.05, 4.69) is 20.9 Å². The molecule has 26 heavy (non-hydrogen) atoms. The number of carbonyl (C=O) groups is 2. The number of hydrogen-bond acceptors (Lipinski definition) is 4. The van der Waals surface area contributed by atoms with Gasteiger partial charge in [-0.05, 0) is 44.7 Å². The fraction of sp³-hybridized carbons (Fsp3) is 0.444. The second kappa shape index (κ2) is 7.99. The van der Waals surface area contributed by atoms with Gasteiger partial charge in [0, 0.05) is 6.04 Å². The van der Waals surface area contributed by atoms with Crippen LogP contribution in [0.25, 0.3) is 5.69 Å². The van der Waals surface area contributed by atoms with Crippen LogP contribution in [0, 0.1) is 5.92 Å².